The van der Waals surface area contributed by atoms with Crippen LogP contribution in [-0.4, -0.2) is 50.1 Å². The molecule has 1 aromatic carbocycles. The van der Waals surface area contributed by atoms with E-state index in [-0.39, 0.29) is 0 Å². The maximum Gasteiger partial charge on any atom is 0.211 e. The molecule has 1 aliphatic rings. The fraction of sp³-hybridized carbons (Fsp3) is 0.538. The number of hydrogen-bond acceptors (Lipinski definition) is 3. The summed E-state index contributed by atoms with van der Waals surface area (Å²) in [4.78, 5) is 2.05. The van der Waals surface area contributed by atoms with E-state index in [1.54, 1.807) is 6.07 Å². The van der Waals surface area contributed by atoms with E-state index in [4.69, 9.17) is 0 Å². The van der Waals surface area contributed by atoms with Crippen LogP contribution in [0.4, 0.5) is 8.78 Å². The molecule has 1 fully saturated rings. The third-order valence-corrected chi connectivity index (χ3v) is 4.71. The molecule has 1 heterocycles. The van der Waals surface area contributed by atoms with E-state index in [0.29, 0.717) is 31.7 Å². The van der Waals surface area contributed by atoms with E-state index in [1.807, 2.05) is 0 Å². The zero-order valence-corrected chi connectivity index (χ0v) is 12.2. The first-order valence-corrected chi connectivity index (χ1v) is 8.32. The van der Waals surface area contributed by atoms with Gasteiger partial charge in [-0.05, 0) is 30.7 Å². The number of nitrogens with zero attached hydrogens (tertiary/aromatic N) is 2. The van der Waals surface area contributed by atoms with Gasteiger partial charge in [0.2, 0.25) is 10.0 Å². The Labute approximate surface area is 118 Å². The minimum Gasteiger partial charge on any atom is -0.298 e. The number of hydrogen-bond donors (Lipinski definition) is 0. The maximum atomic E-state index is 13.2. The molecule has 0 unspecified atom stereocenters. The molecule has 20 heavy (non-hydrogen) atoms. The van der Waals surface area contributed by atoms with Crippen LogP contribution in [0.5, 0.6) is 0 Å². The molecule has 4 nitrogen and oxygen atoms in total. The Balaban J connectivity index is 1.99. The fourth-order valence-electron chi connectivity index (χ4n) is 2.33. The molecule has 0 bridgehead atoms. The average molecular weight is 304 g/mol. The lowest BCUT2D eigenvalue weighted by molar-refractivity contribution is 0.278. The van der Waals surface area contributed by atoms with Gasteiger partial charge in [-0.1, -0.05) is 6.07 Å². The van der Waals surface area contributed by atoms with Crippen LogP contribution in [0.2, 0.25) is 0 Å². The third kappa shape index (κ3) is 3.97. The Morgan fingerprint density at radius 2 is 1.85 bits per heavy atom. The standard InChI is InChI=1S/C13H18F2N2O2S/c1-20(18,19)17-6-2-5-16(7-8-17)10-11-3-4-12(14)13(15)9-11/h3-4,9H,2,5-8,10H2,1H3. The van der Waals surface area contributed by atoms with Gasteiger partial charge >= 0.3 is 0 Å². The minimum atomic E-state index is -3.16. The number of benzene rings is 1. The Morgan fingerprint density at radius 3 is 2.50 bits per heavy atom. The zero-order chi connectivity index (χ0) is 14.8. The number of rotatable bonds is 3. The van der Waals surface area contributed by atoms with Crippen molar-refractivity contribution in [1.29, 1.82) is 0 Å². The van der Waals surface area contributed by atoms with Crippen LogP contribution < -0.4 is 0 Å². The quantitative estimate of drug-likeness (QED) is 0.848. The normalized spacial score (nSPS) is 18.9. The second kappa shape index (κ2) is 6.15. The summed E-state index contributed by atoms with van der Waals surface area (Å²) in [5.41, 5.74) is 0.691. The first-order valence-electron chi connectivity index (χ1n) is 6.47. The summed E-state index contributed by atoms with van der Waals surface area (Å²) in [6, 6.07) is 3.86. The highest BCUT2D eigenvalue weighted by Gasteiger charge is 2.21. The van der Waals surface area contributed by atoms with Gasteiger partial charge in [0, 0.05) is 26.2 Å². The van der Waals surface area contributed by atoms with Gasteiger partial charge in [-0.3, -0.25) is 4.90 Å². The molecule has 0 aromatic heterocycles. The molecule has 2 rings (SSSR count). The minimum absolute atomic E-state index is 0.433. The van der Waals surface area contributed by atoms with E-state index in [0.717, 1.165) is 19.0 Å². The largest absolute Gasteiger partial charge is 0.298 e. The van der Waals surface area contributed by atoms with Crippen molar-refractivity contribution in [2.75, 3.05) is 32.4 Å². The molecule has 1 aliphatic heterocycles. The highest BCUT2D eigenvalue weighted by molar-refractivity contribution is 7.88. The predicted molar refractivity (Wildman–Crippen MR) is 72.7 cm³/mol. The first kappa shape index (κ1) is 15.3. The van der Waals surface area contributed by atoms with Gasteiger partial charge < -0.3 is 0 Å². The molecule has 1 aromatic rings. The van der Waals surface area contributed by atoms with Crippen molar-refractivity contribution in [2.45, 2.75) is 13.0 Å². The van der Waals surface area contributed by atoms with Crippen molar-refractivity contribution in [1.82, 2.24) is 9.21 Å². The molecule has 0 amide bonds. The van der Waals surface area contributed by atoms with Crippen LogP contribution in [0.15, 0.2) is 18.2 Å². The Hall–Kier alpha value is -1.05. The van der Waals surface area contributed by atoms with Gasteiger partial charge in [0.05, 0.1) is 6.26 Å². The van der Waals surface area contributed by atoms with Crippen LogP contribution in [0, 0.1) is 11.6 Å². The summed E-state index contributed by atoms with van der Waals surface area (Å²) >= 11 is 0. The van der Waals surface area contributed by atoms with Crippen LogP contribution in [0.25, 0.3) is 0 Å². The van der Waals surface area contributed by atoms with Gasteiger partial charge in [-0.25, -0.2) is 21.5 Å². The van der Waals surface area contributed by atoms with Crippen molar-refractivity contribution in [3.05, 3.63) is 35.4 Å². The van der Waals surface area contributed by atoms with E-state index in [1.165, 1.54) is 16.6 Å². The summed E-state index contributed by atoms with van der Waals surface area (Å²) in [7, 11) is -3.16. The molecule has 7 heteroatoms. The Kier molecular flexibility index (Phi) is 4.72. The first-order chi connectivity index (χ1) is 9.36. The van der Waals surface area contributed by atoms with Crippen LogP contribution in [0.1, 0.15) is 12.0 Å². The lowest BCUT2D eigenvalue weighted by Crippen LogP contribution is -2.34. The zero-order valence-electron chi connectivity index (χ0n) is 11.3. The van der Waals surface area contributed by atoms with E-state index >= 15 is 0 Å². The van der Waals surface area contributed by atoms with Crippen LogP contribution >= 0.6 is 0 Å². The number of halogens is 2. The highest BCUT2D eigenvalue weighted by atomic mass is 32.2. The molecule has 112 valence electrons. The third-order valence-electron chi connectivity index (χ3n) is 3.41. The van der Waals surface area contributed by atoms with E-state index in [2.05, 4.69) is 4.90 Å². The molecule has 0 spiro atoms. The lowest BCUT2D eigenvalue weighted by Gasteiger charge is -2.20. The van der Waals surface area contributed by atoms with Gasteiger partial charge in [-0.15, -0.1) is 0 Å². The maximum absolute atomic E-state index is 13.2. The molecule has 0 N–H and O–H groups in total. The van der Waals surface area contributed by atoms with Crippen molar-refractivity contribution >= 4 is 10.0 Å². The highest BCUT2D eigenvalue weighted by Crippen LogP contribution is 2.13. The molecule has 1 saturated heterocycles. The van der Waals surface area contributed by atoms with E-state index < -0.39 is 21.7 Å². The van der Waals surface area contributed by atoms with Crippen LogP contribution in [0.3, 0.4) is 0 Å². The Bertz CT molecular complexity index is 578. The van der Waals surface area contributed by atoms with Crippen molar-refractivity contribution in [3.8, 4) is 0 Å². The molecule has 0 radical (unpaired) electrons. The monoisotopic (exact) mass is 304 g/mol. The van der Waals surface area contributed by atoms with Gasteiger partial charge in [-0.2, -0.15) is 0 Å². The Morgan fingerprint density at radius 1 is 1.10 bits per heavy atom. The van der Waals surface area contributed by atoms with Crippen LogP contribution in [-0.2, 0) is 16.6 Å². The molecular weight excluding hydrogens is 286 g/mol. The SMILES string of the molecule is CS(=O)(=O)N1CCCN(Cc2ccc(F)c(F)c2)CC1. The molecule has 0 saturated carbocycles. The predicted octanol–water partition coefficient (Wildman–Crippen LogP) is 1.43. The summed E-state index contributed by atoms with van der Waals surface area (Å²) in [6.45, 7) is 2.77. The summed E-state index contributed by atoms with van der Waals surface area (Å²) in [5, 5.41) is 0. The molecule has 0 atom stereocenters. The fourth-order valence-corrected chi connectivity index (χ4v) is 3.21. The van der Waals surface area contributed by atoms with Crippen molar-refractivity contribution in [3.63, 3.8) is 0 Å². The summed E-state index contributed by atoms with van der Waals surface area (Å²) < 4.78 is 50.5. The lowest BCUT2D eigenvalue weighted by atomic mass is 10.2. The van der Waals surface area contributed by atoms with Gasteiger partial charge in [0.25, 0.3) is 0 Å². The van der Waals surface area contributed by atoms with Gasteiger partial charge in [0.15, 0.2) is 11.6 Å². The van der Waals surface area contributed by atoms with Crippen molar-refractivity contribution < 1.29 is 17.2 Å². The molecule has 0 aliphatic carbocycles. The molecular formula is C13H18F2N2O2S. The second-order valence-corrected chi connectivity index (χ2v) is 7.02. The average Bonchev–Trinajstić information content (AvgIpc) is 2.59. The van der Waals surface area contributed by atoms with E-state index in [9.17, 15) is 17.2 Å². The summed E-state index contributed by atoms with van der Waals surface area (Å²) in [5.74, 6) is -1.71. The topological polar surface area (TPSA) is 40.6 Å². The van der Waals surface area contributed by atoms with Gasteiger partial charge in [0.1, 0.15) is 0 Å². The number of sulfonamides is 1. The second-order valence-electron chi connectivity index (χ2n) is 5.04. The summed E-state index contributed by atoms with van der Waals surface area (Å²) in [6.07, 6.45) is 1.94. The van der Waals surface area contributed by atoms with Crippen molar-refractivity contribution in [2.24, 2.45) is 0 Å². The smallest absolute Gasteiger partial charge is 0.211 e.